The standard InChI is InChI=1S/C14H24O6/c1-7-8-17-9-10(2)14(15)20-13(5)19-12(4)18-11(3)16-6/h7,11-13H,1-2,8-9H2,3-6H3. The Morgan fingerprint density at radius 2 is 1.75 bits per heavy atom. The molecule has 0 spiro atoms. The Labute approximate surface area is 120 Å². The average molecular weight is 288 g/mol. The van der Waals surface area contributed by atoms with Crippen molar-refractivity contribution in [1.82, 2.24) is 0 Å². The van der Waals surface area contributed by atoms with Crippen molar-refractivity contribution >= 4 is 5.97 Å². The van der Waals surface area contributed by atoms with Gasteiger partial charge in [0.15, 0.2) is 12.6 Å². The van der Waals surface area contributed by atoms with Gasteiger partial charge in [0.05, 0.1) is 18.8 Å². The van der Waals surface area contributed by atoms with Gasteiger partial charge < -0.3 is 23.7 Å². The molecule has 0 saturated heterocycles. The van der Waals surface area contributed by atoms with Crippen molar-refractivity contribution in [2.24, 2.45) is 0 Å². The molecule has 3 atom stereocenters. The minimum Gasteiger partial charge on any atom is -0.433 e. The largest absolute Gasteiger partial charge is 0.433 e. The number of hydrogen-bond acceptors (Lipinski definition) is 6. The van der Waals surface area contributed by atoms with Crippen LogP contribution in [0.2, 0.25) is 0 Å². The van der Waals surface area contributed by atoms with Crippen LogP contribution in [0.5, 0.6) is 0 Å². The molecule has 0 aromatic heterocycles. The van der Waals surface area contributed by atoms with E-state index in [9.17, 15) is 4.79 Å². The maximum atomic E-state index is 11.6. The minimum atomic E-state index is -0.766. The summed E-state index contributed by atoms with van der Waals surface area (Å²) in [4.78, 5) is 11.6. The van der Waals surface area contributed by atoms with Crippen LogP contribution in [0.15, 0.2) is 24.8 Å². The summed E-state index contributed by atoms with van der Waals surface area (Å²) >= 11 is 0. The monoisotopic (exact) mass is 288 g/mol. The fraction of sp³-hybridized carbons (Fsp3) is 0.643. The number of carbonyl (C=O) groups excluding carboxylic acids is 1. The molecule has 0 aliphatic heterocycles. The van der Waals surface area contributed by atoms with E-state index in [0.717, 1.165) is 0 Å². The van der Waals surface area contributed by atoms with Crippen LogP contribution in [0.1, 0.15) is 20.8 Å². The number of rotatable bonds is 11. The Morgan fingerprint density at radius 3 is 2.30 bits per heavy atom. The molecule has 116 valence electrons. The van der Waals surface area contributed by atoms with E-state index in [4.69, 9.17) is 23.7 Å². The van der Waals surface area contributed by atoms with Gasteiger partial charge >= 0.3 is 5.97 Å². The van der Waals surface area contributed by atoms with Gasteiger partial charge in [0.25, 0.3) is 0 Å². The molecule has 6 heteroatoms. The molecule has 0 N–H and O–H groups in total. The van der Waals surface area contributed by atoms with Gasteiger partial charge in [-0.1, -0.05) is 12.7 Å². The highest BCUT2D eigenvalue weighted by atomic mass is 16.8. The Morgan fingerprint density at radius 1 is 1.15 bits per heavy atom. The van der Waals surface area contributed by atoms with E-state index >= 15 is 0 Å². The highest BCUT2D eigenvalue weighted by molar-refractivity contribution is 5.88. The molecule has 0 bridgehead atoms. The fourth-order valence-corrected chi connectivity index (χ4v) is 1.21. The maximum absolute atomic E-state index is 11.6. The van der Waals surface area contributed by atoms with Crippen LogP contribution in [0, 0.1) is 0 Å². The van der Waals surface area contributed by atoms with E-state index < -0.39 is 24.8 Å². The molecule has 0 aromatic rings. The molecule has 0 rings (SSSR count). The smallest absolute Gasteiger partial charge is 0.338 e. The third-order valence-electron chi connectivity index (χ3n) is 2.17. The van der Waals surface area contributed by atoms with Gasteiger partial charge in [0, 0.05) is 7.11 Å². The molecule has 0 heterocycles. The summed E-state index contributed by atoms with van der Waals surface area (Å²) in [6.45, 7) is 12.5. The van der Waals surface area contributed by atoms with Crippen LogP contribution in [-0.4, -0.2) is 45.2 Å². The van der Waals surface area contributed by atoms with Gasteiger partial charge in [0.2, 0.25) is 6.29 Å². The highest BCUT2D eigenvalue weighted by Crippen LogP contribution is 2.07. The SMILES string of the molecule is C=CCOCC(=C)C(=O)OC(C)OC(C)OC(C)OC. The van der Waals surface area contributed by atoms with E-state index in [1.807, 2.05) is 0 Å². The summed E-state index contributed by atoms with van der Waals surface area (Å²) in [6.07, 6.45) is -0.161. The molecule has 3 unspecified atom stereocenters. The molecule has 6 nitrogen and oxygen atoms in total. The van der Waals surface area contributed by atoms with Crippen molar-refractivity contribution in [3.05, 3.63) is 24.8 Å². The summed E-state index contributed by atoms with van der Waals surface area (Å²) in [7, 11) is 1.52. The predicted molar refractivity (Wildman–Crippen MR) is 73.8 cm³/mol. The van der Waals surface area contributed by atoms with Gasteiger partial charge in [-0.05, 0) is 20.8 Å². The fourth-order valence-electron chi connectivity index (χ4n) is 1.21. The zero-order chi connectivity index (χ0) is 15.5. The van der Waals surface area contributed by atoms with Gasteiger partial charge in [-0.25, -0.2) is 4.79 Å². The summed E-state index contributed by atoms with van der Waals surface area (Å²) in [5.74, 6) is -0.575. The maximum Gasteiger partial charge on any atom is 0.338 e. The quantitative estimate of drug-likeness (QED) is 0.190. The molecular weight excluding hydrogens is 264 g/mol. The third-order valence-corrected chi connectivity index (χ3v) is 2.17. The van der Waals surface area contributed by atoms with Crippen molar-refractivity contribution in [3.8, 4) is 0 Å². The van der Waals surface area contributed by atoms with Crippen LogP contribution < -0.4 is 0 Å². The normalized spacial score (nSPS) is 15.2. The predicted octanol–water partition coefficient (Wildman–Crippen LogP) is 2.01. The van der Waals surface area contributed by atoms with Crippen molar-refractivity contribution in [1.29, 1.82) is 0 Å². The van der Waals surface area contributed by atoms with Crippen LogP contribution >= 0.6 is 0 Å². The Hall–Kier alpha value is -1.21. The Kier molecular flexibility index (Phi) is 9.92. The molecule has 0 aliphatic carbocycles. The van der Waals surface area contributed by atoms with Crippen molar-refractivity contribution < 1.29 is 28.5 Å². The van der Waals surface area contributed by atoms with Crippen LogP contribution in [-0.2, 0) is 28.5 Å². The first-order valence-corrected chi connectivity index (χ1v) is 6.31. The zero-order valence-electron chi connectivity index (χ0n) is 12.6. The molecule has 20 heavy (non-hydrogen) atoms. The van der Waals surface area contributed by atoms with E-state index in [0.29, 0.717) is 6.61 Å². The molecule has 0 saturated carbocycles. The first kappa shape index (κ1) is 18.8. The lowest BCUT2D eigenvalue weighted by atomic mass is 10.3. The topological polar surface area (TPSA) is 63.2 Å². The number of ether oxygens (including phenoxy) is 5. The van der Waals surface area contributed by atoms with Crippen LogP contribution in [0.25, 0.3) is 0 Å². The van der Waals surface area contributed by atoms with E-state index in [-0.39, 0.29) is 12.2 Å². The second kappa shape index (κ2) is 10.6. The summed E-state index contributed by atoms with van der Waals surface area (Å²) < 4.78 is 25.7. The molecule has 0 aliphatic rings. The van der Waals surface area contributed by atoms with E-state index in [1.165, 1.54) is 7.11 Å². The van der Waals surface area contributed by atoms with E-state index in [2.05, 4.69) is 13.2 Å². The lowest BCUT2D eigenvalue weighted by Crippen LogP contribution is -2.28. The zero-order valence-corrected chi connectivity index (χ0v) is 12.6. The third kappa shape index (κ3) is 8.82. The van der Waals surface area contributed by atoms with Gasteiger partial charge in [-0.15, -0.1) is 6.58 Å². The van der Waals surface area contributed by atoms with Gasteiger partial charge in [-0.2, -0.15) is 0 Å². The Balaban J connectivity index is 3.99. The van der Waals surface area contributed by atoms with Crippen molar-refractivity contribution in [2.45, 2.75) is 39.6 Å². The van der Waals surface area contributed by atoms with Crippen LogP contribution in [0.4, 0.5) is 0 Å². The second-order valence-corrected chi connectivity index (χ2v) is 4.02. The van der Waals surface area contributed by atoms with Crippen molar-refractivity contribution in [3.63, 3.8) is 0 Å². The number of hydrogen-bond donors (Lipinski definition) is 0. The number of esters is 1. The minimum absolute atomic E-state index is 0.0876. The number of carbonyl (C=O) groups is 1. The van der Waals surface area contributed by atoms with Crippen LogP contribution in [0.3, 0.4) is 0 Å². The molecule has 0 amide bonds. The van der Waals surface area contributed by atoms with Gasteiger partial charge in [0.1, 0.15) is 0 Å². The highest BCUT2D eigenvalue weighted by Gasteiger charge is 2.17. The molecule has 0 aromatic carbocycles. The summed E-state index contributed by atoms with van der Waals surface area (Å²) in [5.41, 5.74) is 0.209. The summed E-state index contributed by atoms with van der Waals surface area (Å²) in [6, 6.07) is 0. The lowest BCUT2D eigenvalue weighted by molar-refractivity contribution is -0.269. The second-order valence-electron chi connectivity index (χ2n) is 4.02. The Bertz CT molecular complexity index is 315. The first-order chi connectivity index (χ1) is 9.40. The molecule has 0 radical (unpaired) electrons. The lowest BCUT2D eigenvalue weighted by Gasteiger charge is -2.22. The molecular formula is C14H24O6. The number of methoxy groups -OCH3 is 1. The summed E-state index contributed by atoms with van der Waals surface area (Å²) in [5, 5.41) is 0. The van der Waals surface area contributed by atoms with Gasteiger partial charge in [-0.3, -0.25) is 0 Å². The van der Waals surface area contributed by atoms with Crippen molar-refractivity contribution in [2.75, 3.05) is 20.3 Å². The molecule has 0 fully saturated rings. The first-order valence-electron chi connectivity index (χ1n) is 6.31. The van der Waals surface area contributed by atoms with E-state index in [1.54, 1.807) is 26.8 Å². The average Bonchev–Trinajstić information content (AvgIpc) is 2.38.